The maximum absolute atomic E-state index is 12.9. The van der Waals surface area contributed by atoms with Gasteiger partial charge in [-0.15, -0.1) is 0 Å². The van der Waals surface area contributed by atoms with Gasteiger partial charge < -0.3 is 25.0 Å². The summed E-state index contributed by atoms with van der Waals surface area (Å²) in [4.78, 5) is 27.3. The van der Waals surface area contributed by atoms with Crippen LogP contribution in [0.3, 0.4) is 0 Å². The number of nitrogens with one attached hydrogen (secondary N) is 2. The first-order valence-corrected chi connectivity index (χ1v) is 10.8. The monoisotopic (exact) mass is 401 g/mol. The van der Waals surface area contributed by atoms with Gasteiger partial charge in [0.25, 0.3) is 5.91 Å². The number of carbonyl (C=O) groups is 2. The maximum Gasteiger partial charge on any atom is 0.255 e. The van der Waals surface area contributed by atoms with Crippen LogP contribution in [0, 0.1) is 0 Å². The molecule has 0 unspecified atom stereocenters. The second-order valence-electron chi connectivity index (χ2n) is 8.26. The number of methoxy groups -OCH3 is 1. The Labute approximate surface area is 172 Å². The van der Waals surface area contributed by atoms with Crippen molar-refractivity contribution >= 4 is 11.8 Å². The van der Waals surface area contributed by atoms with Gasteiger partial charge in [-0.2, -0.15) is 0 Å². The van der Waals surface area contributed by atoms with Crippen molar-refractivity contribution in [2.24, 2.45) is 0 Å². The highest BCUT2D eigenvalue weighted by Gasteiger charge is 2.30. The summed E-state index contributed by atoms with van der Waals surface area (Å²) in [6.45, 7) is 2.69. The lowest BCUT2D eigenvalue weighted by Crippen LogP contribution is -2.43. The number of likely N-dealkylation sites (tertiary alicyclic amines) is 1. The smallest absolute Gasteiger partial charge is 0.255 e. The van der Waals surface area contributed by atoms with Crippen LogP contribution >= 0.6 is 0 Å². The SMILES string of the molecule is COc1ccc(OC2CCN(C3CCCC3)CC2)c(C(=O)N[C@@H]2CCNC2=O)c1. The molecule has 2 heterocycles. The van der Waals surface area contributed by atoms with Crippen molar-refractivity contribution in [1.82, 2.24) is 15.5 Å². The summed E-state index contributed by atoms with van der Waals surface area (Å²) in [5.74, 6) is 0.711. The fourth-order valence-electron chi connectivity index (χ4n) is 4.69. The molecular formula is C22H31N3O4. The largest absolute Gasteiger partial charge is 0.497 e. The zero-order chi connectivity index (χ0) is 20.2. The summed E-state index contributed by atoms with van der Waals surface area (Å²) in [5, 5.41) is 5.57. The van der Waals surface area contributed by atoms with E-state index < -0.39 is 6.04 Å². The van der Waals surface area contributed by atoms with Crippen LogP contribution in [0.25, 0.3) is 0 Å². The number of nitrogens with zero attached hydrogens (tertiary/aromatic N) is 1. The molecule has 7 heteroatoms. The molecule has 29 heavy (non-hydrogen) atoms. The number of hydrogen-bond acceptors (Lipinski definition) is 5. The second-order valence-corrected chi connectivity index (χ2v) is 8.26. The number of carbonyl (C=O) groups excluding carboxylic acids is 2. The van der Waals surface area contributed by atoms with Crippen molar-refractivity contribution in [2.45, 2.75) is 63.1 Å². The van der Waals surface area contributed by atoms with E-state index in [4.69, 9.17) is 9.47 Å². The molecule has 2 N–H and O–H groups in total. The van der Waals surface area contributed by atoms with E-state index in [-0.39, 0.29) is 17.9 Å². The van der Waals surface area contributed by atoms with Gasteiger partial charge in [0, 0.05) is 25.7 Å². The van der Waals surface area contributed by atoms with E-state index in [1.807, 2.05) is 6.07 Å². The second kappa shape index (κ2) is 9.03. The van der Waals surface area contributed by atoms with E-state index >= 15 is 0 Å². The predicted molar refractivity (Wildman–Crippen MR) is 109 cm³/mol. The molecule has 1 saturated carbocycles. The molecule has 1 aromatic rings. The van der Waals surface area contributed by atoms with Crippen LogP contribution in [-0.4, -0.2) is 61.6 Å². The number of piperidine rings is 1. The van der Waals surface area contributed by atoms with E-state index in [2.05, 4.69) is 15.5 Å². The van der Waals surface area contributed by atoms with Gasteiger partial charge in [0.15, 0.2) is 0 Å². The first kappa shape index (κ1) is 20.0. The fourth-order valence-corrected chi connectivity index (χ4v) is 4.69. The van der Waals surface area contributed by atoms with Gasteiger partial charge in [0.1, 0.15) is 23.6 Å². The highest BCUT2D eigenvalue weighted by atomic mass is 16.5. The van der Waals surface area contributed by atoms with Crippen LogP contribution in [0.1, 0.15) is 55.3 Å². The van der Waals surface area contributed by atoms with Crippen LogP contribution in [0.4, 0.5) is 0 Å². The van der Waals surface area contributed by atoms with Crippen molar-refractivity contribution in [2.75, 3.05) is 26.7 Å². The van der Waals surface area contributed by atoms with Crippen LogP contribution in [-0.2, 0) is 4.79 Å². The quantitative estimate of drug-likeness (QED) is 0.763. The molecule has 3 aliphatic rings. The third kappa shape index (κ3) is 4.66. The summed E-state index contributed by atoms with van der Waals surface area (Å²) in [6.07, 6.45) is 7.98. The van der Waals surface area contributed by atoms with Gasteiger partial charge in [-0.25, -0.2) is 0 Å². The van der Waals surface area contributed by atoms with E-state index in [9.17, 15) is 9.59 Å². The Morgan fingerprint density at radius 2 is 1.90 bits per heavy atom. The molecule has 1 aliphatic carbocycles. The first-order valence-electron chi connectivity index (χ1n) is 10.8. The molecule has 1 aromatic carbocycles. The maximum atomic E-state index is 12.9. The van der Waals surface area contributed by atoms with Crippen molar-refractivity contribution in [3.05, 3.63) is 23.8 Å². The summed E-state index contributed by atoms with van der Waals surface area (Å²) >= 11 is 0. The predicted octanol–water partition coefficient (Wildman–Crippen LogP) is 2.10. The molecule has 7 nitrogen and oxygen atoms in total. The number of ether oxygens (including phenoxy) is 2. The third-order valence-electron chi connectivity index (χ3n) is 6.40. The van der Waals surface area contributed by atoms with E-state index in [0.717, 1.165) is 32.0 Å². The van der Waals surface area contributed by atoms with Crippen LogP contribution < -0.4 is 20.1 Å². The minimum Gasteiger partial charge on any atom is -0.497 e. The van der Waals surface area contributed by atoms with Gasteiger partial charge in [-0.1, -0.05) is 12.8 Å². The Kier molecular flexibility index (Phi) is 6.23. The number of rotatable bonds is 6. The van der Waals surface area contributed by atoms with E-state index in [0.29, 0.717) is 30.0 Å². The molecule has 2 aliphatic heterocycles. The number of hydrogen-bond donors (Lipinski definition) is 2. The molecule has 0 aromatic heterocycles. The van der Waals surface area contributed by atoms with Crippen molar-refractivity contribution in [1.29, 1.82) is 0 Å². The van der Waals surface area contributed by atoms with E-state index in [1.165, 1.54) is 25.7 Å². The topological polar surface area (TPSA) is 79.9 Å². The Morgan fingerprint density at radius 3 is 2.55 bits per heavy atom. The molecule has 3 fully saturated rings. The Bertz CT molecular complexity index is 740. The average molecular weight is 402 g/mol. The van der Waals surface area contributed by atoms with E-state index in [1.54, 1.807) is 19.2 Å². The van der Waals surface area contributed by atoms with Crippen LogP contribution in [0.2, 0.25) is 0 Å². The normalized spacial score (nSPS) is 23.8. The molecular weight excluding hydrogens is 370 g/mol. The van der Waals surface area contributed by atoms with Gasteiger partial charge in [-0.05, 0) is 50.3 Å². The fraction of sp³-hybridized carbons (Fsp3) is 0.636. The van der Waals surface area contributed by atoms with Gasteiger partial charge >= 0.3 is 0 Å². The minimum absolute atomic E-state index is 0.0994. The Morgan fingerprint density at radius 1 is 1.14 bits per heavy atom. The van der Waals surface area contributed by atoms with Crippen molar-refractivity contribution in [3.8, 4) is 11.5 Å². The molecule has 0 bridgehead atoms. The van der Waals surface area contributed by atoms with Crippen molar-refractivity contribution < 1.29 is 19.1 Å². The number of benzene rings is 1. The molecule has 2 saturated heterocycles. The molecule has 1 atom stereocenters. The molecule has 0 spiro atoms. The minimum atomic E-state index is -0.490. The molecule has 4 rings (SSSR count). The zero-order valence-electron chi connectivity index (χ0n) is 17.1. The zero-order valence-corrected chi connectivity index (χ0v) is 17.1. The summed E-state index contributed by atoms with van der Waals surface area (Å²) in [7, 11) is 1.57. The summed E-state index contributed by atoms with van der Waals surface area (Å²) < 4.78 is 11.6. The van der Waals surface area contributed by atoms with Gasteiger partial charge in [0.05, 0.1) is 12.7 Å². The molecule has 0 radical (unpaired) electrons. The molecule has 2 amide bonds. The highest BCUT2D eigenvalue weighted by molar-refractivity contribution is 6.00. The van der Waals surface area contributed by atoms with Crippen LogP contribution in [0.5, 0.6) is 11.5 Å². The Hall–Kier alpha value is -2.28. The lowest BCUT2D eigenvalue weighted by atomic mass is 10.0. The molecule has 158 valence electrons. The first-order chi connectivity index (χ1) is 14.1. The van der Waals surface area contributed by atoms with Gasteiger partial charge in [-0.3, -0.25) is 9.59 Å². The lowest BCUT2D eigenvalue weighted by molar-refractivity contribution is -0.120. The van der Waals surface area contributed by atoms with Gasteiger partial charge in [0.2, 0.25) is 5.91 Å². The standard InChI is InChI=1S/C22H31N3O4/c1-28-17-6-7-20(18(14-17)21(26)24-19-8-11-23-22(19)27)29-16-9-12-25(13-10-16)15-4-2-3-5-15/h6-7,14-16,19H,2-5,8-13H2,1H3,(H,23,27)(H,24,26)/t19-/m1/s1. The average Bonchev–Trinajstić information content (AvgIpc) is 3.41. The lowest BCUT2D eigenvalue weighted by Gasteiger charge is -2.36. The number of amides is 2. The summed E-state index contributed by atoms with van der Waals surface area (Å²) in [5.41, 5.74) is 0.419. The van der Waals surface area contributed by atoms with Crippen LogP contribution in [0.15, 0.2) is 18.2 Å². The Balaban J connectivity index is 1.41. The summed E-state index contributed by atoms with van der Waals surface area (Å²) in [6, 6.07) is 5.55. The van der Waals surface area contributed by atoms with Crippen molar-refractivity contribution in [3.63, 3.8) is 0 Å². The third-order valence-corrected chi connectivity index (χ3v) is 6.40. The highest BCUT2D eigenvalue weighted by Crippen LogP contribution is 2.30.